The maximum absolute atomic E-state index is 13.6. The minimum Gasteiger partial charge on any atom is -0.325 e. The number of benzene rings is 1. The van der Waals surface area contributed by atoms with E-state index in [-0.39, 0.29) is 17.9 Å². The van der Waals surface area contributed by atoms with Crippen LogP contribution in [0.15, 0.2) is 18.2 Å². The van der Waals surface area contributed by atoms with Crippen molar-refractivity contribution in [2.75, 3.05) is 16.9 Å². The zero-order valence-electron chi connectivity index (χ0n) is 11.0. The van der Waals surface area contributed by atoms with E-state index >= 15 is 0 Å². The number of anilines is 1. The van der Waals surface area contributed by atoms with Gasteiger partial charge in [-0.25, -0.2) is 26.9 Å². The smallest absolute Gasteiger partial charge is 0.325 e. The van der Waals surface area contributed by atoms with E-state index in [2.05, 4.69) is 5.32 Å². The SMILES string of the molecule is CS(=O)(=O)CCC1NC(=O)N(c2ccc(F)cc2F)C1=O. The van der Waals surface area contributed by atoms with Gasteiger partial charge in [-0.05, 0) is 18.6 Å². The first kappa shape index (κ1) is 15.4. The Kier molecular flexibility index (Phi) is 3.95. The number of amides is 3. The molecule has 0 aliphatic carbocycles. The van der Waals surface area contributed by atoms with Crippen LogP contribution in [0, 0.1) is 11.6 Å². The maximum Gasteiger partial charge on any atom is 0.329 e. The predicted molar refractivity (Wildman–Crippen MR) is 70.5 cm³/mol. The van der Waals surface area contributed by atoms with Crippen LogP contribution in [0.1, 0.15) is 6.42 Å². The van der Waals surface area contributed by atoms with E-state index in [1.807, 2.05) is 0 Å². The minimum absolute atomic E-state index is 0.108. The van der Waals surface area contributed by atoms with Crippen LogP contribution in [0.5, 0.6) is 0 Å². The maximum atomic E-state index is 13.6. The van der Waals surface area contributed by atoms with E-state index in [4.69, 9.17) is 0 Å². The summed E-state index contributed by atoms with van der Waals surface area (Å²) in [7, 11) is -3.29. The van der Waals surface area contributed by atoms with Crippen LogP contribution in [0.4, 0.5) is 19.3 Å². The second-order valence-corrected chi connectivity index (χ2v) is 6.95. The summed E-state index contributed by atoms with van der Waals surface area (Å²) in [4.78, 5) is 24.3. The lowest BCUT2D eigenvalue weighted by molar-refractivity contribution is -0.118. The van der Waals surface area contributed by atoms with Gasteiger partial charge in [0, 0.05) is 12.3 Å². The minimum atomic E-state index is -3.29. The zero-order valence-corrected chi connectivity index (χ0v) is 11.8. The Hall–Kier alpha value is -2.03. The number of rotatable bonds is 4. The van der Waals surface area contributed by atoms with Crippen LogP contribution in [0.25, 0.3) is 0 Å². The number of nitrogens with one attached hydrogen (secondary N) is 1. The summed E-state index contributed by atoms with van der Waals surface area (Å²) in [5.74, 6) is -2.95. The van der Waals surface area contributed by atoms with E-state index in [0.717, 1.165) is 18.4 Å². The van der Waals surface area contributed by atoms with Crippen LogP contribution in [0.3, 0.4) is 0 Å². The molecule has 1 aliphatic heterocycles. The predicted octanol–water partition coefficient (Wildman–Crippen LogP) is 0.824. The van der Waals surface area contributed by atoms with Crippen LogP contribution >= 0.6 is 0 Å². The number of carbonyl (C=O) groups excluding carboxylic acids is 2. The highest BCUT2D eigenvalue weighted by Crippen LogP contribution is 2.24. The summed E-state index contributed by atoms with van der Waals surface area (Å²) < 4.78 is 48.6. The summed E-state index contributed by atoms with van der Waals surface area (Å²) in [5.41, 5.74) is -0.374. The quantitative estimate of drug-likeness (QED) is 0.833. The summed E-state index contributed by atoms with van der Waals surface area (Å²) >= 11 is 0. The number of halogens is 2. The molecule has 114 valence electrons. The van der Waals surface area contributed by atoms with Crippen molar-refractivity contribution in [2.24, 2.45) is 0 Å². The first-order valence-corrected chi connectivity index (χ1v) is 8.02. The molecule has 0 radical (unpaired) electrons. The van der Waals surface area contributed by atoms with Gasteiger partial charge in [0.15, 0.2) is 0 Å². The highest BCUT2D eigenvalue weighted by molar-refractivity contribution is 7.90. The molecule has 0 bridgehead atoms. The molecule has 1 fully saturated rings. The molecule has 1 heterocycles. The fraction of sp³-hybridized carbons (Fsp3) is 0.333. The number of hydrogen-bond donors (Lipinski definition) is 1. The second kappa shape index (κ2) is 5.40. The summed E-state index contributed by atoms with van der Waals surface area (Å²) in [6.07, 6.45) is 0.897. The van der Waals surface area contributed by atoms with Gasteiger partial charge in [0.2, 0.25) is 0 Å². The van der Waals surface area contributed by atoms with Gasteiger partial charge in [0.25, 0.3) is 5.91 Å². The first-order valence-electron chi connectivity index (χ1n) is 5.96. The molecular weight excluding hydrogens is 306 g/mol. The number of urea groups is 1. The molecule has 0 saturated carbocycles. The van der Waals surface area contributed by atoms with Gasteiger partial charge in [-0.15, -0.1) is 0 Å². The standard InChI is InChI=1S/C12H12F2N2O4S/c1-21(19,20)5-4-9-11(17)16(12(18)15-9)10-3-2-7(13)6-8(10)14/h2-3,6,9H,4-5H2,1H3,(H,15,18). The van der Waals surface area contributed by atoms with Crippen molar-refractivity contribution < 1.29 is 26.8 Å². The van der Waals surface area contributed by atoms with Gasteiger partial charge < -0.3 is 5.32 Å². The molecule has 1 N–H and O–H groups in total. The molecule has 1 unspecified atom stereocenters. The Morgan fingerprint density at radius 2 is 1.95 bits per heavy atom. The summed E-state index contributed by atoms with van der Waals surface area (Å²) in [6.45, 7) is 0. The molecule has 0 spiro atoms. The van der Waals surface area contributed by atoms with Gasteiger partial charge >= 0.3 is 6.03 Å². The normalized spacial score (nSPS) is 19.0. The Labute approximate surface area is 119 Å². The lowest BCUT2D eigenvalue weighted by Crippen LogP contribution is -2.32. The van der Waals surface area contributed by atoms with Crippen molar-refractivity contribution in [1.29, 1.82) is 0 Å². The Morgan fingerprint density at radius 3 is 2.52 bits per heavy atom. The summed E-state index contributed by atoms with van der Waals surface area (Å²) in [6, 6.07) is 0.532. The van der Waals surface area contributed by atoms with E-state index < -0.39 is 39.5 Å². The van der Waals surface area contributed by atoms with Crippen molar-refractivity contribution >= 4 is 27.5 Å². The number of hydrogen-bond acceptors (Lipinski definition) is 4. The number of nitrogens with zero attached hydrogens (tertiary/aromatic N) is 1. The topological polar surface area (TPSA) is 83.6 Å². The van der Waals surface area contributed by atoms with E-state index in [9.17, 15) is 26.8 Å². The third kappa shape index (κ3) is 3.35. The van der Waals surface area contributed by atoms with Crippen molar-refractivity contribution in [3.63, 3.8) is 0 Å². The first-order chi connectivity index (χ1) is 9.69. The zero-order chi connectivity index (χ0) is 15.8. The third-order valence-corrected chi connectivity index (χ3v) is 3.92. The molecule has 0 aromatic heterocycles. The van der Waals surface area contributed by atoms with Crippen molar-refractivity contribution in [3.8, 4) is 0 Å². The molecule has 3 amide bonds. The van der Waals surface area contributed by atoms with Crippen LogP contribution in [-0.4, -0.2) is 38.4 Å². The molecular formula is C12H12F2N2O4S. The summed E-state index contributed by atoms with van der Waals surface area (Å²) in [5, 5.41) is 2.28. The molecule has 2 rings (SSSR count). The van der Waals surface area contributed by atoms with E-state index in [0.29, 0.717) is 11.0 Å². The molecule has 9 heteroatoms. The van der Waals surface area contributed by atoms with E-state index in [1.54, 1.807) is 0 Å². The number of imide groups is 1. The fourth-order valence-electron chi connectivity index (χ4n) is 1.95. The molecule has 1 atom stereocenters. The average molecular weight is 318 g/mol. The Morgan fingerprint density at radius 1 is 1.29 bits per heavy atom. The molecule has 1 aromatic carbocycles. The van der Waals surface area contributed by atoms with Crippen molar-refractivity contribution in [1.82, 2.24) is 5.32 Å². The van der Waals surface area contributed by atoms with Crippen molar-refractivity contribution in [3.05, 3.63) is 29.8 Å². The van der Waals surface area contributed by atoms with Gasteiger partial charge in [-0.3, -0.25) is 4.79 Å². The van der Waals surface area contributed by atoms with Gasteiger partial charge in [0.1, 0.15) is 27.5 Å². The molecule has 1 aliphatic rings. The molecule has 6 nitrogen and oxygen atoms in total. The van der Waals surface area contributed by atoms with Crippen LogP contribution < -0.4 is 10.2 Å². The van der Waals surface area contributed by atoms with Gasteiger partial charge in [-0.1, -0.05) is 0 Å². The Balaban J connectivity index is 2.22. The van der Waals surface area contributed by atoms with Crippen LogP contribution in [-0.2, 0) is 14.6 Å². The third-order valence-electron chi connectivity index (χ3n) is 2.95. The van der Waals surface area contributed by atoms with Gasteiger partial charge in [-0.2, -0.15) is 0 Å². The Bertz CT molecular complexity index is 705. The van der Waals surface area contributed by atoms with Gasteiger partial charge in [0.05, 0.1) is 11.4 Å². The van der Waals surface area contributed by atoms with E-state index in [1.165, 1.54) is 0 Å². The second-order valence-electron chi connectivity index (χ2n) is 4.69. The fourth-order valence-corrected chi connectivity index (χ4v) is 2.61. The lowest BCUT2D eigenvalue weighted by atomic mass is 10.2. The monoisotopic (exact) mass is 318 g/mol. The number of carbonyl (C=O) groups is 2. The lowest BCUT2D eigenvalue weighted by Gasteiger charge is -2.13. The average Bonchev–Trinajstić information content (AvgIpc) is 2.62. The molecule has 1 aromatic rings. The number of sulfone groups is 1. The van der Waals surface area contributed by atoms with Crippen LogP contribution in [0.2, 0.25) is 0 Å². The molecule has 1 saturated heterocycles. The van der Waals surface area contributed by atoms with Crippen molar-refractivity contribution in [2.45, 2.75) is 12.5 Å². The molecule has 21 heavy (non-hydrogen) atoms. The highest BCUT2D eigenvalue weighted by Gasteiger charge is 2.40. The largest absolute Gasteiger partial charge is 0.329 e. The highest BCUT2D eigenvalue weighted by atomic mass is 32.2.